The van der Waals surface area contributed by atoms with Crippen molar-refractivity contribution in [2.45, 2.75) is 25.8 Å². The summed E-state index contributed by atoms with van der Waals surface area (Å²) in [4.78, 5) is 14.2. The molecule has 19 heavy (non-hydrogen) atoms. The van der Waals surface area contributed by atoms with Crippen LogP contribution in [0.4, 0.5) is 0 Å². The monoisotopic (exact) mass is 257 g/mol. The van der Waals surface area contributed by atoms with Crippen LogP contribution in [0.1, 0.15) is 28.8 Å². The van der Waals surface area contributed by atoms with Gasteiger partial charge in [-0.25, -0.2) is 0 Å². The Hall–Kier alpha value is -1.86. The van der Waals surface area contributed by atoms with E-state index in [1.54, 1.807) is 0 Å². The van der Waals surface area contributed by atoms with Gasteiger partial charge in [0, 0.05) is 24.7 Å². The fourth-order valence-corrected chi connectivity index (χ4v) is 2.31. The zero-order chi connectivity index (χ0) is 13.7. The zero-order valence-electron chi connectivity index (χ0n) is 11.2. The van der Waals surface area contributed by atoms with Gasteiger partial charge in [-0.2, -0.15) is 5.26 Å². The number of rotatable bonds is 3. The number of likely N-dealkylation sites (tertiary alicyclic amines) is 1. The lowest BCUT2D eigenvalue weighted by atomic mass is 10.0. The second-order valence-electron chi connectivity index (χ2n) is 5.05. The molecule has 1 aromatic rings. The highest BCUT2D eigenvalue weighted by molar-refractivity contribution is 5.94. The number of hydrogen-bond donors (Lipinski definition) is 1. The zero-order valence-corrected chi connectivity index (χ0v) is 11.2. The summed E-state index contributed by atoms with van der Waals surface area (Å²) < 4.78 is 0. The fraction of sp³-hybridized carbons (Fsp3) is 0.467. The molecule has 1 aromatic carbocycles. The molecule has 2 rings (SSSR count). The molecule has 0 radical (unpaired) electrons. The maximum absolute atomic E-state index is 12.1. The van der Waals surface area contributed by atoms with Crippen LogP contribution in [0, 0.1) is 18.3 Å². The van der Waals surface area contributed by atoms with E-state index in [1.165, 1.54) is 0 Å². The third-order valence-electron chi connectivity index (χ3n) is 3.53. The van der Waals surface area contributed by atoms with Crippen LogP contribution in [0.5, 0.6) is 0 Å². The van der Waals surface area contributed by atoms with Crippen molar-refractivity contribution in [2.24, 2.45) is 0 Å². The Kier molecular flexibility index (Phi) is 4.53. The summed E-state index contributed by atoms with van der Waals surface area (Å²) in [6, 6.07) is 10.00. The van der Waals surface area contributed by atoms with Gasteiger partial charge in [-0.3, -0.25) is 9.69 Å². The Balaban J connectivity index is 1.84. The van der Waals surface area contributed by atoms with E-state index in [1.807, 2.05) is 31.2 Å². The smallest absolute Gasteiger partial charge is 0.251 e. The highest BCUT2D eigenvalue weighted by Crippen LogP contribution is 2.11. The van der Waals surface area contributed by atoms with Gasteiger partial charge in [0.1, 0.15) is 0 Å². The van der Waals surface area contributed by atoms with Crippen LogP contribution in [-0.2, 0) is 0 Å². The van der Waals surface area contributed by atoms with Crippen LogP contribution < -0.4 is 5.32 Å². The predicted molar refractivity (Wildman–Crippen MR) is 73.7 cm³/mol. The molecule has 1 amide bonds. The molecule has 0 unspecified atom stereocenters. The molecule has 1 saturated heterocycles. The van der Waals surface area contributed by atoms with Crippen molar-refractivity contribution in [2.75, 3.05) is 19.6 Å². The first-order valence-corrected chi connectivity index (χ1v) is 6.66. The lowest BCUT2D eigenvalue weighted by Gasteiger charge is -2.30. The molecule has 1 N–H and O–H groups in total. The van der Waals surface area contributed by atoms with Gasteiger partial charge in [-0.05, 0) is 31.9 Å². The Morgan fingerprint density at radius 2 is 2.00 bits per heavy atom. The maximum Gasteiger partial charge on any atom is 0.251 e. The molecule has 0 aromatic heterocycles. The number of benzene rings is 1. The highest BCUT2D eigenvalue weighted by Gasteiger charge is 2.20. The Morgan fingerprint density at radius 3 is 2.58 bits per heavy atom. The van der Waals surface area contributed by atoms with Gasteiger partial charge in [0.15, 0.2) is 0 Å². The molecule has 1 fully saturated rings. The lowest BCUT2D eigenvalue weighted by molar-refractivity contribution is 0.0914. The number of nitriles is 1. The van der Waals surface area contributed by atoms with Crippen LogP contribution in [0.3, 0.4) is 0 Å². The first-order valence-electron chi connectivity index (χ1n) is 6.66. The topological polar surface area (TPSA) is 56.1 Å². The second-order valence-corrected chi connectivity index (χ2v) is 5.05. The summed E-state index contributed by atoms with van der Waals surface area (Å²) in [6.45, 7) is 4.25. The number of nitrogens with one attached hydrogen (secondary N) is 1. The lowest BCUT2D eigenvalue weighted by Crippen LogP contribution is -2.44. The van der Waals surface area contributed by atoms with Gasteiger partial charge < -0.3 is 5.32 Å². The van der Waals surface area contributed by atoms with Crippen molar-refractivity contribution in [1.82, 2.24) is 10.2 Å². The molecule has 4 nitrogen and oxygen atoms in total. The number of aryl methyl sites for hydroxylation is 1. The van der Waals surface area contributed by atoms with Gasteiger partial charge in [-0.15, -0.1) is 0 Å². The molecular weight excluding hydrogens is 238 g/mol. The van der Waals surface area contributed by atoms with E-state index in [0.29, 0.717) is 12.1 Å². The third-order valence-corrected chi connectivity index (χ3v) is 3.53. The van der Waals surface area contributed by atoms with Crippen LogP contribution in [0.25, 0.3) is 0 Å². The van der Waals surface area contributed by atoms with E-state index in [4.69, 9.17) is 5.26 Å². The van der Waals surface area contributed by atoms with E-state index >= 15 is 0 Å². The third kappa shape index (κ3) is 3.80. The van der Waals surface area contributed by atoms with Gasteiger partial charge in [0.05, 0.1) is 12.6 Å². The quantitative estimate of drug-likeness (QED) is 0.839. The summed E-state index contributed by atoms with van der Waals surface area (Å²) in [7, 11) is 0. The first-order chi connectivity index (χ1) is 9.19. The van der Waals surface area contributed by atoms with E-state index in [-0.39, 0.29) is 11.9 Å². The van der Waals surface area contributed by atoms with Crippen molar-refractivity contribution in [3.05, 3.63) is 35.4 Å². The fourth-order valence-electron chi connectivity index (χ4n) is 2.31. The molecule has 0 bridgehead atoms. The average Bonchev–Trinajstić information content (AvgIpc) is 2.42. The minimum atomic E-state index is -0.00117. The van der Waals surface area contributed by atoms with Gasteiger partial charge in [0.25, 0.3) is 5.91 Å². The summed E-state index contributed by atoms with van der Waals surface area (Å²) in [5.74, 6) is -0.00117. The van der Waals surface area contributed by atoms with Crippen molar-refractivity contribution in [1.29, 1.82) is 5.26 Å². The number of amides is 1. The molecular formula is C15H19N3O. The van der Waals surface area contributed by atoms with Crippen molar-refractivity contribution in [3.63, 3.8) is 0 Å². The minimum absolute atomic E-state index is 0.00117. The summed E-state index contributed by atoms with van der Waals surface area (Å²) in [5, 5.41) is 11.7. The molecule has 1 aliphatic heterocycles. The van der Waals surface area contributed by atoms with Crippen LogP contribution >= 0.6 is 0 Å². The molecule has 100 valence electrons. The first kappa shape index (κ1) is 13.6. The largest absolute Gasteiger partial charge is 0.349 e. The minimum Gasteiger partial charge on any atom is -0.349 e. The average molecular weight is 257 g/mol. The second kappa shape index (κ2) is 6.35. The van der Waals surface area contributed by atoms with Crippen LogP contribution in [-0.4, -0.2) is 36.5 Å². The van der Waals surface area contributed by atoms with E-state index in [2.05, 4.69) is 16.3 Å². The van der Waals surface area contributed by atoms with Crippen molar-refractivity contribution < 1.29 is 4.79 Å². The van der Waals surface area contributed by atoms with E-state index in [0.717, 1.165) is 31.5 Å². The number of carbonyl (C=O) groups is 1. The Morgan fingerprint density at radius 1 is 1.37 bits per heavy atom. The van der Waals surface area contributed by atoms with Crippen LogP contribution in [0.2, 0.25) is 0 Å². The normalized spacial score (nSPS) is 16.8. The highest BCUT2D eigenvalue weighted by atomic mass is 16.1. The van der Waals surface area contributed by atoms with Crippen LogP contribution in [0.15, 0.2) is 24.3 Å². The van der Waals surface area contributed by atoms with Gasteiger partial charge >= 0.3 is 0 Å². The van der Waals surface area contributed by atoms with Crippen molar-refractivity contribution in [3.8, 4) is 6.07 Å². The number of carbonyl (C=O) groups excluding carboxylic acids is 1. The van der Waals surface area contributed by atoms with E-state index in [9.17, 15) is 4.79 Å². The summed E-state index contributed by atoms with van der Waals surface area (Å²) in [6.07, 6.45) is 1.83. The molecule has 0 spiro atoms. The molecule has 0 aliphatic carbocycles. The summed E-state index contributed by atoms with van der Waals surface area (Å²) >= 11 is 0. The Bertz CT molecular complexity index is 467. The van der Waals surface area contributed by atoms with E-state index < -0.39 is 0 Å². The Labute approximate surface area is 114 Å². The molecule has 1 heterocycles. The molecule has 4 heteroatoms. The standard InChI is InChI=1S/C15H19N3O/c1-12-2-4-13(5-3-12)15(19)17-14-6-9-18(10-7-14)11-8-16/h2-5,14H,6-7,9-11H2,1H3,(H,17,19). The van der Waals surface area contributed by atoms with Crippen molar-refractivity contribution >= 4 is 5.91 Å². The maximum atomic E-state index is 12.1. The molecule has 0 saturated carbocycles. The van der Waals surface area contributed by atoms with Gasteiger partial charge in [-0.1, -0.05) is 17.7 Å². The molecule has 0 atom stereocenters. The number of piperidine rings is 1. The predicted octanol–water partition coefficient (Wildman–Crippen LogP) is 1.71. The SMILES string of the molecule is Cc1ccc(C(=O)NC2CCN(CC#N)CC2)cc1. The van der Waals surface area contributed by atoms with Gasteiger partial charge in [0.2, 0.25) is 0 Å². The summed E-state index contributed by atoms with van der Waals surface area (Å²) in [5.41, 5.74) is 1.87. The molecule has 1 aliphatic rings. The number of hydrogen-bond acceptors (Lipinski definition) is 3. The number of nitrogens with zero attached hydrogens (tertiary/aromatic N) is 2.